The molecule has 0 radical (unpaired) electrons. The molecule has 1 saturated carbocycles. The van der Waals surface area contributed by atoms with Gasteiger partial charge in [-0.2, -0.15) is 0 Å². The molecule has 3 heteroatoms. The first kappa shape index (κ1) is 9.04. The van der Waals surface area contributed by atoms with Crippen molar-refractivity contribution in [1.82, 2.24) is 0 Å². The van der Waals surface area contributed by atoms with Gasteiger partial charge in [-0.3, -0.25) is 0 Å². The third kappa shape index (κ3) is 1.16. The second-order valence-electron chi connectivity index (χ2n) is 4.94. The lowest BCUT2D eigenvalue weighted by Gasteiger charge is -2.03. The zero-order valence-electron chi connectivity index (χ0n) is 8.99. The summed E-state index contributed by atoms with van der Waals surface area (Å²) >= 11 is 0. The van der Waals surface area contributed by atoms with Gasteiger partial charge >= 0.3 is 0 Å². The summed E-state index contributed by atoms with van der Waals surface area (Å²) in [5, 5.41) is 0. The molecule has 2 atom stereocenters. The number of hydrogen-bond donors (Lipinski definition) is 1. The summed E-state index contributed by atoms with van der Waals surface area (Å²) in [5.41, 5.74) is 7.53. The fourth-order valence-corrected chi connectivity index (χ4v) is 2.42. The number of benzene rings is 1. The number of rotatable bonds is 1. The van der Waals surface area contributed by atoms with Gasteiger partial charge in [0.1, 0.15) is 0 Å². The lowest BCUT2D eigenvalue weighted by atomic mass is 10.0. The molecule has 2 aliphatic rings. The Morgan fingerprint density at radius 2 is 1.93 bits per heavy atom. The Balaban J connectivity index is 1.95. The van der Waals surface area contributed by atoms with Gasteiger partial charge in [-0.25, -0.2) is 0 Å². The summed E-state index contributed by atoms with van der Waals surface area (Å²) in [5.74, 6) is 2.14. The van der Waals surface area contributed by atoms with Crippen molar-refractivity contribution in [3.63, 3.8) is 0 Å². The van der Waals surface area contributed by atoms with E-state index >= 15 is 0 Å². The van der Waals surface area contributed by atoms with Gasteiger partial charge in [0, 0.05) is 12.0 Å². The molecule has 0 aromatic heterocycles. The highest BCUT2D eigenvalue weighted by molar-refractivity contribution is 5.48. The van der Waals surface area contributed by atoms with Crippen molar-refractivity contribution < 1.29 is 9.47 Å². The van der Waals surface area contributed by atoms with Crippen LogP contribution in [-0.2, 0) is 0 Å². The highest BCUT2D eigenvalue weighted by atomic mass is 16.7. The number of ether oxygens (including phenoxy) is 2. The van der Waals surface area contributed by atoms with Crippen LogP contribution in [0.25, 0.3) is 0 Å². The fourth-order valence-electron chi connectivity index (χ4n) is 2.42. The summed E-state index contributed by atoms with van der Waals surface area (Å²) in [6.07, 6.45) is 0. The van der Waals surface area contributed by atoms with E-state index < -0.39 is 0 Å². The molecule has 0 saturated heterocycles. The molecular weight excluding hydrogens is 190 g/mol. The average Bonchev–Trinajstić information content (AvgIpc) is 2.62. The van der Waals surface area contributed by atoms with Crippen LogP contribution in [0.5, 0.6) is 11.5 Å². The standard InChI is InChI=1S/C12H15NO2/c1-12(2)10(11(12)13)7-3-4-8-9(5-7)15-6-14-8/h3-5,10-11H,6,13H2,1-2H3/t10-,11-/m1/s1. The first-order valence-electron chi connectivity index (χ1n) is 5.26. The van der Waals surface area contributed by atoms with Gasteiger partial charge in [0.25, 0.3) is 0 Å². The predicted molar refractivity (Wildman–Crippen MR) is 57.1 cm³/mol. The lowest BCUT2D eigenvalue weighted by Crippen LogP contribution is -2.06. The summed E-state index contributed by atoms with van der Waals surface area (Å²) in [6.45, 7) is 4.73. The fraction of sp³-hybridized carbons (Fsp3) is 0.500. The lowest BCUT2D eigenvalue weighted by molar-refractivity contribution is 0.174. The monoisotopic (exact) mass is 205 g/mol. The smallest absolute Gasteiger partial charge is 0.231 e. The van der Waals surface area contributed by atoms with Gasteiger partial charge in [-0.05, 0) is 23.1 Å². The molecule has 3 rings (SSSR count). The first-order valence-corrected chi connectivity index (χ1v) is 5.26. The molecule has 1 aromatic carbocycles. The van der Waals surface area contributed by atoms with Crippen molar-refractivity contribution in [2.75, 3.05) is 6.79 Å². The van der Waals surface area contributed by atoms with Crippen LogP contribution in [-0.4, -0.2) is 12.8 Å². The van der Waals surface area contributed by atoms with Gasteiger partial charge in [0.05, 0.1) is 0 Å². The van der Waals surface area contributed by atoms with Crippen molar-refractivity contribution in [2.45, 2.75) is 25.8 Å². The van der Waals surface area contributed by atoms with Gasteiger partial charge in [0.2, 0.25) is 6.79 Å². The Morgan fingerprint density at radius 3 is 2.60 bits per heavy atom. The summed E-state index contributed by atoms with van der Waals surface area (Å²) in [6, 6.07) is 6.38. The van der Waals surface area contributed by atoms with Gasteiger partial charge < -0.3 is 15.2 Å². The number of fused-ring (bicyclic) bond motifs is 1. The molecule has 1 aliphatic carbocycles. The summed E-state index contributed by atoms with van der Waals surface area (Å²) in [4.78, 5) is 0. The van der Waals surface area contributed by atoms with E-state index in [0.717, 1.165) is 11.5 Å². The van der Waals surface area contributed by atoms with Crippen LogP contribution in [0, 0.1) is 5.41 Å². The van der Waals surface area contributed by atoms with E-state index in [1.165, 1.54) is 5.56 Å². The molecule has 1 aliphatic heterocycles. The SMILES string of the molecule is CC1(C)[C@H](N)[C@H]1c1ccc2c(c1)OCO2. The van der Waals surface area contributed by atoms with Crippen molar-refractivity contribution in [3.05, 3.63) is 23.8 Å². The van der Waals surface area contributed by atoms with Gasteiger partial charge in [0.15, 0.2) is 11.5 Å². The zero-order chi connectivity index (χ0) is 10.6. The quantitative estimate of drug-likeness (QED) is 0.761. The van der Waals surface area contributed by atoms with Crippen molar-refractivity contribution in [3.8, 4) is 11.5 Å². The van der Waals surface area contributed by atoms with Crippen LogP contribution in [0.15, 0.2) is 18.2 Å². The largest absolute Gasteiger partial charge is 0.454 e. The van der Waals surface area contributed by atoms with Crippen molar-refractivity contribution in [1.29, 1.82) is 0 Å². The Hall–Kier alpha value is -1.22. The van der Waals surface area contributed by atoms with Crippen LogP contribution in [0.1, 0.15) is 25.3 Å². The maximum absolute atomic E-state index is 6.05. The molecule has 1 aromatic rings. The molecule has 1 fully saturated rings. The topological polar surface area (TPSA) is 44.5 Å². The highest BCUT2D eigenvalue weighted by Crippen LogP contribution is 2.58. The van der Waals surface area contributed by atoms with E-state index in [1.54, 1.807) is 0 Å². The van der Waals surface area contributed by atoms with Crippen LogP contribution < -0.4 is 15.2 Å². The molecule has 0 spiro atoms. The van der Waals surface area contributed by atoms with E-state index in [4.69, 9.17) is 15.2 Å². The first-order chi connectivity index (χ1) is 7.10. The highest BCUT2D eigenvalue weighted by Gasteiger charge is 2.56. The third-order valence-corrected chi connectivity index (χ3v) is 3.67. The normalized spacial score (nSPS) is 30.3. The average molecular weight is 205 g/mol. The molecule has 0 bridgehead atoms. The second-order valence-corrected chi connectivity index (χ2v) is 4.94. The minimum Gasteiger partial charge on any atom is -0.454 e. The van der Waals surface area contributed by atoms with E-state index in [2.05, 4.69) is 26.0 Å². The van der Waals surface area contributed by atoms with Gasteiger partial charge in [-0.1, -0.05) is 19.9 Å². The molecule has 0 amide bonds. The third-order valence-electron chi connectivity index (χ3n) is 3.67. The van der Waals surface area contributed by atoms with E-state index in [-0.39, 0.29) is 11.5 Å². The Kier molecular flexibility index (Phi) is 1.61. The van der Waals surface area contributed by atoms with E-state index in [1.807, 2.05) is 6.07 Å². The molecule has 0 unspecified atom stereocenters. The van der Waals surface area contributed by atoms with Crippen molar-refractivity contribution >= 4 is 0 Å². The van der Waals surface area contributed by atoms with E-state index in [9.17, 15) is 0 Å². The zero-order valence-corrected chi connectivity index (χ0v) is 8.99. The number of hydrogen-bond acceptors (Lipinski definition) is 3. The molecule has 1 heterocycles. The Morgan fingerprint density at radius 1 is 1.27 bits per heavy atom. The maximum Gasteiger partial charge on any atom is 0.231 e. The van der Waals surface area contributed by atoms with E-state index in [0.29, 0.717) is 12.7 Å². The van der Waals surface area contributed by atoms with Crippen LogP contribution in [0.3, 0.4) is 0 Å². The van der Waals surface area contributed by atoms with Gasteiger partial charge in [-0.15, -0.1) is 0 Å². The molecule has 3 nitrogen and oxygen atoms in total. The maximum atomic E-state index is 6.05. The van der Waals surface area contributed by atoms with Crippen LogP contribution in [0.2, 0.25) is 0 Å². The second kappa shape index (κ2) is 2.67. The Bertz CT molecular complexity index is 414. The Labute approximate surface area is 89.2 Å². The van der Waals surface area contributed by atoms with Crippen LogP contribution in [0.4, 0.5) is 0 Å². The number of nitrogens with two attached hydrogens (primary N) is 1. The summed E-state index contributed by atoms with van der Waals surface area (Å²) < 4.78 is 10.6. The molecular formula is C12H15NO2. The van der Waals surface area contributed by atoms with Crippen LogP contribution >= 0.6 is 0 Å². The predicted octanol–water partition coefficient (Wildman–Crippen LogP) is 1.87. The molecule has 15 heavy (non-hydrogen) atoms. The minimum atomic E-state index is 0.216. The minimum absolute atomic E-state index is 0.216. The molecule has 80 valence electrons. The summed E-state index contributed by atoms with van der Waals surface area (Å²) in [7, 11) is 0. The van der Waals surface area contributed by atoms with Crippen molar-refractivity contribution in [2.24, 2.45) is 11.1 Å². The molecule has 2 N–H and O–H groups in total.